The maximum atomic E-state index is 14.7. The average Bonchev–Trinajstić information content (AvgIpc) is 3.33. The van der Waals surface area contributed by atoms with E-state index in [9.17, 15) is 14.0 Å². The second kappa shape index (κ2) is 11.5. The summed E-state index contributed by atoms with van der Waals surface area (Å²) in [5.41, 5.74) is 1.70. The number of rotatable bonds is 9. The predicted molar refractivity (Wildman–Crippen MR) is 140 cm³/mol. The van der Waals surface area contributed by atoms with Crippen molar-refractivity contribution >= 4 is 11.8 Å². The van der Waals surface area contributed by atoms with E-state index in [-0.39, 0.29) is 31.6 Å². The van der Waals surface area contributed by atoms with Gasteiger partial charge in [-0.25, -0.2) is 4.39 Å². The summed E-state index contributed by atoms with van der Waals surface area (Å²) >= 11 is 0. The molecule has 3 aromatic rings. The van der Waals surface area contributed by atoms with Gasteiger partial charge in [0.15, 0.2) is 11.5 Å². The van der Waals surface area contributed by atoms with Crippen molar-refractivity contribution in [1.29, 1.82) is 0 Å². The molecule has 0 aliphatic carbocycles. The van der Waals surface area contributed by atoms with Gasteiger partial charge in [-0.15, -0.1) is 0 Å². The number of ether oxygens (including phenoxy) is 2. The van der Waals surface area contributed by atoms with E-state index in [1.807, 2.05) is 69.3 Å². The summed E-state index contributed by atoms with van der Waals surface area (Å²) in [6.45, 7) is 5.85. The Bertz CT molecular complexity index is 1240. The Hall–Kier alpha value is -3.87. The first kappa shape index (κ1) is 26.2. The van der Waals surface area contributed by atoms with Gasteiger partial charge >= 0.3 is 0 Å². The molecule has 1 N–H and O–H groups in total. The number of fused-ring (bicyclic) bond motifs is 1. The van der Waals surface area contributed by atoms with Crippen molar-refractivity contribution in [2.75, 3.05) is 6.79 Å². The molecular formula is C30H33FN2O4. The van der Waals surface area contributed by atoms with Crippen molar-refractivity contribution < 1.29 is 23.5 Å². The molecule has 1 aliphatic rings. The fourth-order valence-electron chi connectivity index (χ4n) is 4.31. The van der Waals surface area contributed by atoms with Crippen LogP contribution < -0.4 is 14.8 Å². The van der Waals surface area contributed by atoms with Crippen LogP contribution in [-0.2, 0) is 29.0 Å². The first-order chi connectivity index (χ1) is 17.7. The summed E-state index contributed by atoms with van der Waals surface area (Å²) in [5.74, 6) is 0.415. The lowest BCUT2D eigenvalue weighted by Crippen LogP contribution is -2.54. The molecule has 194 valence electrons. The molecule has 37 heavy (non-hydrogen) atoms. The van der Waals surface area contributed by atoms with Gasteiger partial charge in [-0.3, -0.25) is 9.59 Å². The number of carbonyl (C=O) groups excluding carboxylic acids is 2. The minimum atomic E-state index is -0.814. The maximum Gasteiger partial charge on any atom is 0.243 e. The highest BCUT2D eigenvalue weighted by atomic mass is 19.1. The standard InChI is InChI=1S/C30H33FN2O4/c1-30(2,3)32-29(35)25(17-21-9-5-4-6-10-21)33(19-23-11-7-8-12-24(23)31)28(34)16-14-22-13-15-26-27(18-22)37-20-36-26/h4-13,15,18,25H,14,16-17,19-20H2,1-3H3,(H,32,35)/t25-/m1/s1. The predicted octanol–water partition coefficient (Wildman–Crippen LogP) is 5.04. The first-order valence-electron chi connectivity index (χ1n) is 12.5. The van der Waals surface area contributed by atoms with Gasteiger partial charge in [0.2, 0.25) is 18.6 Å². The Morgan fingerprint density at radius 1 is 0.946 bits per heavy atom. The second-order valence-corrected chi connectivity index (χ2v) is 10.2. The zero-order chi connectivity index (χ0) is 26.4. The molecular weight excluding hydrogens is 471 g/mol. The molecule has 0 saturated carbocycles. The van der Waals surface area contributed by atoms with Crippen molar-refractivity contribution in [3.63, 3.8) is 0 Å². The molecule has 0 radical (unpaired) electrons. The molecule has 0 unspecified atom stereocenters. The SMILES string of the molecule is CC(C)(C)NC(=O)[C@@H](Cc1ccccc1)N(Cc1ccccc1F)C(=O)CCc1ccc2c(c1)OCO2. The third-order valence-electron chi connectivity index (χ3n) is 6.13. The zero-order valence-electron chi connectivity index (χ0n) is 21.5. The van der Waals surface area contributed by atoms with E-state index in [4.69, 9.17) is 9.47 Å². The topological polar surface area (TPSA) is 67.9 Å². The number of halogens is 1. The largest absolute Gasteiger partial charge is 0.454 e. The molecule has 1 heterocycles. The van der Waals surface area contributed by atoms with E-state index in [1.54, 1.807) is 18.2 Å². The number of hydrogen-bond donors (Lipinski definition) is 1. The summed E-state index contributed by atoms with van der Waals surface area (Å²) in [6.07, 6.45) is 0.914. The number of amides is 2. The molecule has 0 bridgehead atoms. The molecule has 1 atom stereocenters. The molecule has 6 nitrogen and oxygen atoms in total. The summed E-state index contributed by atoms with van der Waals surface area (Å²) in [7, 11) is 0. The van der Waals surface area contributed by atoms with E-state index >= 15 is 0 Å². The minimum Gasteiger partial charge on any atom is -0.454 e. The third-order valence-corrected chi connectivity index (χ3v) is 6.13. The second-order valence-electron chi connectivity index (χ2n) is 10.2. The van der Waals surface area contributed by atoms with Gasteiger partial charge in [0, 0.05) is 30.5 Å². The number of nitrogens with zero attached hydrogens (tertiary/aromatic N) is 1. The number of nitrogens with one attached hydrogen (secondary N) is 1. The maximum absolute atomic E-state index is 14.7. The summed E-state index contributed by atoms with van der Waals surface area (Å²) in [4.78, 5) is 28.8. The van der Waals surface area contributed by atoms with Crippen molar-refractivity contribution in [1.82, 2.24) is 10.2 Å². The Balaban J connectivity index is 1.62. The van der Waals surface area contributed by atoms with Gasteiger partial charge in [0.1, 0.15) is 11.9 Å². The molecule has 3 aromatic carbocycles. The quantitative estimate of drug-likeness (QED) is 0.443. The summed E-state index contributed by atoms with van der Waals surface area (Å²) in [6, 6.07) is 20.7. The molecule has 2 amide bonds. The number of carbonyl (C=O) groups is 2. The Kier molecular flexibility index (Phi) is 8.11. The zero-order valence-corrected chi connectivity index (χ0v) is 21.5. The molecule has 0 spiro atoms. The highest BCUT2D eigenvalue weighted by Crippen LogP contribution is 2.33. The van der Waals surface area contributed by atoms with Crippen LogP contribution in [0.3, 0.4) is 0 Å². The molecule has 4 rings (SSSR count). The Morgan fingerprint density at radius 2 is 1.65 bits per heavy atom. The first-order valence-corrected chi connectivity index (χ1v) is 12.5. The van der Waals surface area contributed by atoms with Crippen molar-refractivity contribution in [2.45, 2.75) is 58.2 Å². The summed E-state index contributed by atoms with van der Waals surface area (Å²) in [5, 5.41) is 3.02. The van der Waals surface area contributed by atoms with Gasteiger partial charge < -0.3 is 19.7 Å². The fourth-order valence-corrected chi connectivity index (χ4v) is 4.31. The molecule has 0 aromatic heterocycles. The van der Waals surface area contributed by atoms with Crippen LogP contribution in [0.1, 0.15) is 43.9 Å². The van der Waals surface area contributed by atoms with Crippen LogP contribution in [0.15, 0.2) is 72.8 Å². The fraction of sp³-hybridized carbons (Fsp3) is 0.333. The lowest BCUT2D eigenvalue weighted by atomic mass is 9.99. The molecule has 7 heteroatoms. The lowest BCUT2D eigenvalue weighted by Gasteiger charge is -2.34. The van der Waals surface area contributed by atoms with Gasteiger partial charge in [-0.1, -0.05) is 54.6 Å². The van der Waals surface area contributed by atoms with Crippen molar-refractivity contribution in [3.8, 4) is 11.5 Å². The van der Waals surface area contributed by atoms with E-state index < -0.39 is 17.4 Å². The molecule has 0 fully saturated rings. The third kappa shape index (κ3) is 7.09. The van der Waals surface area contributed by atoms with Gasteiger partial charge in [-0.05, 0) is 56.5 Å². The van der Waals surface area contributed by atoms with Gasteiger partial charge in [0.25, 0.3) is 0 Å². The number of benzene rings is 3. The van der Waals surface area contributed by atoms with Crippen molar-refractivity contribution in [3.05, 3.63) is 95.3 Å². The minimum absolute atomic E-state index is 0.0122. The number of aryl methyl sites for hydroxylation is 1. The van der Waals surface area contributed by atoms with Crippen LogP contribution in [0.25, 0.3) is 0 Å². The van der Waals surface area contributed by atoms with E-state index in [1.165, 1.54) is 11.0 Å². The normalized spacial score (nSPS) is 13.2. The van der Waals surface area contributed by atoms with Crippen LogP contribution in [0.4, 0.5) is 4.39 Å². The van der Waals surface area contributed by atoms with E-state index in [2.05, 4.69) is 5.32 Å². The highest BCUT2D eigenvalue weighted by Gasteiger charge is 2.32. The van der Waals surface area contributed by atoms with Crippen LogP contribution in [0.5, 0.6) is 11.5 Å². The van der Waals surface area contributed by atoms with Crippen LogP contribution >= 0.6 is 0 Å². The Labute approximate surface area is 217 Å². The van der Waals surface area contributed by atoms with Crippen LogP contribution in [-0.4, -0.2) is 35.1 Å². The van der Waals surface area contributed by atoms with Crippen LogP contribution in [0.2, 0.25) is 0 Å². The monoisotopic (exact) mass is 504 g/mol. The smallest absolute Gasteiger partial charge is 0.243 e. The number of hydrogen-bond acceptors (Lipinski definition) is 4. The highest BCUT2D eigenvalue weighted by molar-refractivity contribution is 5.88. The lowest BCUT2D eigenvalue weighted by molar-refractivity contribution is -0.142. The molecule has 0 saturated heterocycles. The van der Waals surface area contributed by atoms with Crippen LogP contribution in [0, 0.1) is 5.82 Å². The van der Waals surface area contributed by atoms with Gasteiger partial charge in [0.05, 0.1) is 0 Å². The van der Waals surface area contributed by atoms with E-state index in [0.29, 0.717) is 29.9 Å². The van der Waals surface area contributed by atoms with Crippen molar-refractivity contribution in [2.24, 2.45) is 0 Å². The molecule has 1 aliphatic heterocycles. The van der Waals surface area contributed by atoms with Gasteiger partial charge in [-0.2, -0.15) is 0 Å². The summed E-state index contributed by atoms with van der Waals surface area (Å²) < 4.78 is 25.5. The Morgan fingerprint density at radius 3 is 2.38 bits per heavy atom. The van der Waals surface area contributed by atoms with E-state index in [0.717, 1.165) is 11.1 Å². The average molecular weight is 505 g/mol.